The van der Waals surface area contributed by atoms with Gasteiger partial charge in [-0.2, -0.15) is 5.10 Å². The number of ether oxygens (including phenoxy) is 1. The average molecular weight is 387 g/mol. The molecule has 1 aromatic carbocycles. The lowest BCUT2D eigenvalue weighted by atomic mass is 10.0. The highest BCUT2D eigenvalue weighted by atomic mass is 16.5. The van der Waals surface area contributed by atoms with Crippen molar-refractivity contribution in [1.82, 2.24) is 14.7 Å². The zero-order valence-corrected chi connectivity index (χ0v) is 16.0. The van der Waals surface area contributed by atoms with Gasteiger partial charge in [-0.05, 0) is 31.9 Å². The molecular weight excluding hydrogens is 362 g/mol. The monoisotopic (exact) mass is 387 g/mol. The molecule has 1 atom stereocenters. The van der Waals surface area contributed by atoms with Crippen LogP contribution >= 0.6 is 0 Å². The number of anilines is 2. The maximum absolute atomic E-state index is 12.4. The lowest BCUT2D eigenvalue weighted by molar-refractivity contribution is -0.140. The zero-order valence-electron chi connectivity index (χ0n) is 16.0. The summed E-state index contributed by atoms with van der Waals surface area (Å²) in [4.78, 5) is 26.0. The largest absolute Gasteiger partial charge is 0.495 e. The van der Waals surface area contributed by atoms with Crippen molar-refractivity contribution in [2.24, 2.45) is 0 Å². The van der Waals surface area contributed by atoms with Gasteiger partial charge in [0, 0.05) is 19.2 Å². The number of carbonyl (C=O) groups excluding carboxylic acids is 2. The molecule has 3 amide bonds. The fourth-order valence-electron chi connectivity index (χ4n) is 3.32. The Hall–Kier alpha value is -3.07. The van der Waals surface area contributed by atoms with E-state index in [2.05, 4.69) is 15.7 Å². The molecule has 0 spiro atoms. The second-order valence-electron chi connectivity index (χ2n) is 6.67. The summed E-state index contributed by atoms with van der Waals surface area (Å²) in [6.45, 7) is 2.56. The number of benzene rings is 1. The van der Waals surface area contributed by atoms with E-state index in [0.29, 0.717) is 43.2 Å². The number of urea groups is 1. The van der Waals surface area contributed by atoms with Gasteiger partial charge < -0.3 is 20.1 Å². The van der Waals surface area contributed by atoms with Crippen molar-refractivity contribution in [2.45, 2.75) is 31.9 Å². The Morgan fingerprint density at radius 2 is 1.93 bits per heavy atom. The van der Waals surface area contributed by atoms with E-state index in [4.69, 9.17) is 4.74 Å². The molecule has 1 aromatic heterocycles. The molecule has 0 saturated carbocycles. The molecule has 3 N–H and O–H groups in total. The molecule has 2 heterocycles. The first-order chi connectivity index (χ1) is 13.5. The minimum atomic E-state index is -0.989. The number of hydrogen-bond donors (Lipinski definition) is 3. The maximum atomic E-state index is 12.4. The maximum Gasteiger partial charge on any atom is 0.324 e. The van der Waals surface area contributed by atoms with Crippen molar-refractivity contribution in [3.05, 3.63) is 36.5 Å². The summed E-state index contributed by atoms with van der Waals surface area (Å²) in [5.74, 6) is 0.891. The number of nitrogens with one attached hydrogen (secondary N) is 2. The number of likely N-dealkylation sites (tertiary alicyclic amines) is 1. The topological polar surface area (TPSA) is 109 Å². The number of carbonyl (C=O) groups is 2. The summed E-state index contributed by atoms with van der Waals surface area (Å²) >= 11 is 0. The number of nitrogens with zero attached hydrogens (tertiary/aromatic N) is 3. The van der Waals surface area contributed by atoms with E-state index < -0.39 is 12.1 Å². The molecule has 28 heavy (non-hydrogen) atoms. The van der Waals surface area contributed by atoms with Crippen LogP contribution in [-0.4, -0.2) is 58.0 Å². The van der Waals surface area contributed by atoms with Crippen molar-refractivity contribution in [1.29, 1.82) is 0 Å². The fourth-order valence-corrected chi connectivity index (χ4v) is 3.32. The first kappa shape index (κ1) is 19.7. The number of aliphatic hydroxyl groups is 1. The number of methoxy groups -OCH3 is 1. The predicted octanol–water partition coefficient (Wildman–Crippen LogP) is 2.08. The average Bonchev–Trinajstić information content (AvgIpc) is 3.15. The van der Waals surface area contributed by atoms with Gasteiger partial charge in [-0.1, -0.05) is 12.1 Å². The zero-order chi connectivity index (χ0) is 20.1. The van der Waals surface area contributed by atoms with Crippen LogP contribution in [0, 0.1) is 0 Å². The fraction of sp³-hybridized carbons (Fsp3) is 0.421. The van der Waals surface area contributed by atoms with E-state index >= 15 is 0 Å². The number of para-hydroxylation sites is 2. The summed E-state index contributed by atoms with van der Waals surface area (Å²) in [5, 5.41) is 19.4. The lowest BCUT2D eigenvalue weighted by Crippen LogP contribution is -2.43. The number of hydrogen-bond acceptors (Lipinski definition) is 5. The van der Waals surface area contributed by atoms with Gasteiger partial charge in [-0.25, -0.2) is 9.48 Å². The second kappa shape index (κ2) is 8.75. The Kier molecular flexibility index (Phi) is 6.15. The van der Waals surface area contributed by atoms with Gasteiger partial charge >= 0.3 is 6.03 Å². The number of aliphatic hydroxyl groups excluding tert-OH is 1. The first-order valence-corrected chi connectivity index (χ1v) is 9.21. The SMILES string of the molecule is COc1ccccc1NC(=O)Nc1ccnn1C1CCN(C(=O)[C@@H](C)O)CC1. The molecule has 9 heteroatoms. The molecule has 150 valence electrons. The van der Waals surface area contributed by atoms with Gasteiger partial charge in [0.15, 0.2) is 0 Å². The Balaban J connectivity index is 1.61. The molecule has 1 fully saturated rings. The second-order valence-corrected chi connectivity index (χ2v) is 6.67. The number of amides is 3. The van der Waals surface area contributed by atoms with Crippen LogP contribution in [0.2, 0.25) is 0 Å². The standard InChI is InChI=1S/C19H25N5O4/c1-13(25)18(26)23-11-8-14(9-12-23)24-17(7-10-20-24)22-19(27)21-15-5-3-4-6-16(15)28-2/h3-7,10,13-14,25H,8-9,11-12H2,1-2H3,(H2,21,22,27)/t13-/m1/s1. The summed E-state index contributed by atoms with van der Waals surface area (Å²) in [6, 6.07) is 8.56. The van der Waals surface area contributed by atoms with E-state index in [1.165, 1.54) is 6.92 Å². The Labute approximate surface area is 163 Å². The number of piperidine rings is 1. The third kappa shape index (κ3) is 4.42. The normalized spacial score (nSPS) is 15.8. The van der Waals surface area contributed by atoms with E-state index in [9.17, 15) is 14.7 Å². The van der Waals surface area contributed by atoms with E-state index in [0.717, 1.165) is 0 Å². The van der Waals surface area contributed by atoms with Crippen LogP contribution in [0.4, 0.5) is 16.3 Å². The highest BCUT2D eigenvalue weighted by Crippen LogP contribution is 2.26. The van der Waals surface area contributed by atoms with Gasteiger partial charge in [0.2, 0.25) is 0 Å². The lowest BCUT2D eigenvalue weighted by Gasteiger charge is -2.33. The van der Waals surface area contributed by atoms with Crippen molar-refractivity contribution < 1.29 is 19.4 Å². The van der Waals surface area contributed by atoms with Crippen molar-refractivity contribution in [3.8, 4) is 5.75 Å². The third-order valence-corrected chi connectivity index (χ3v) is 4.75. The Bertz CT molecular complexity index is 827. The minimum Gasteiger partial charge on any atom is -0.495 e. The summed E-state index contributed by atoms with van der Waals surface area (Å²) in [6.07, 6.45) is 2.04. The predicted molar refractivity (Wildman–Crippen MR) is 104 cm³/mol. The molecule has 0 bridgehead atoms. The molecule has 9 nitrogen and oxygen atoms in total. The molecular formula is C19H25N5O4. The van der Waals surface area contributed by atoms with Crippen molar-refractivity contribution >= 4 is 23.4 Å². The van der Waals surface area contributed by atoms with Crippen LogP contribution in [0.1, 0.15) is 25.8 Å². The van der Waals surface area contributed by atoms with E-state index in [1.807, 2.05) is 12.1 Å². The van der Waals surface area contributed by atoms with Gasteiger partial charge in [-0.3, -0.25) is 10.1 Å². The molecule has 0 radical (unpaired) electrons. The van der Waals surface area contributed by atoms with E-state index in [1.54, 1.807) is 41.1 Å². The molecule has 0 aliphatic carbocycles. The number of aromatic nitrogens is 2. The molecule has 3 rings (SSSR count). The third-order valence-electron chi connectivity index (χ3n) is 4.75. The van der Waals surface area contributed by atoms with Crippen molar-refractivity contribution in [2.75, 3.05) is 30.8 Å². The Morgan fingerprint density at radius 1 is 1.21 bits per heavy atom. The summed E-state index contributed by atoms with van der Waals surface area (Å²) < 4.78 is 7.01. The van der Waals surface area contributed by atoms with Crippen LogP contribution in [0.3, 0.4) is 0 Å². The number of rotatable bonds is 5. The minimum absolute atomic E-state index is 0.0645. The Morgan fingerprint density at radius 3 is 2.61 bits per heavy atom. The molecule has 0 unspecified atom stereocenters. The molecule has 1 saturated heterocycles. The van der Waals surface area contributed by atoms with Crippen molar-refractivity contribution in [3.63, 3.8) is 0 Å². The van der Waals surface area contributed by atoms with E-state index in [-0.39, 0.29) is 11.9 Å². The summed E-state index contributed by atoms with van der Waals surface area (Å²) in [5.41, 5.74) is 0.568. The molecule has 1 aliphatic rings. The van der Waals surface area contributed by atoms with Crippen LogP contribution in [0.5, 0.6) is 5.75 Å². The van der Waals surface area contributed by atoms with Gasteiger partial charge in [-0.15, -0.1) is 0 Å². The first-order valence-electron chi connectivity index (χ1n) is 9.21. The highest BCUT2D eigenvalue weighted by molar-refractivity contribution is 6.00. The van der Waals surface area contributed by atoms with Gasteiger partial charge in [0.1, 0.15) is 17.7 Å². The van der Waals surface area contributed by atoms with Crippen LogP contribution in [0.15, 0.2) is 36.5 Å². The quantitative estimate of drug-likeness (QED) is 0.728. The smallest absolute Gasteiger partial charge is 0.324 e. The van der Waals surface area contributed by atoms with Gasteiger partial charge in [0.05, 0.1) is 25.0 Å². The van der Waals surface area contributed by atoms with Crippen LogP contribution in [0.25, 0.3) is 0 Å². The van der Waals surface area contributed by atoms with Crippen LogP contribution in [-0.2, 0) is 4.79 Å². The summed E-state index contributed by atoms with van der Waals surface area (Å²) in [7, 11) is 1.54. The van der Waals surface area contributed by atoms with Crippen LogP contribution < -0.4 is 15.4 Å². The van der Waals surface area contributed by atoms with Gasteiger partial charge in [0.25, 0.3) is 5.91 Å². The highest BCUT2D eigenvalue weighted by Gasteiger charge is 2.27. The molecule has 2 aromatic rings. The molecule has 1 aliphatic heterocycles.